The van der Waals surface area contributed by atoms with Crippen LogP contribution in [0.2, 0.25) is 0 Å². The Labute approximate surface area is 101 Å². The lowest BCUT2D eigenvalue weighted by Gasteiger charge is -2.18. The summed E-state index contributed by atoms with van der Waals surface area (Å²) in [6, 6.07) is 6.38. The third kappa shape index (κ3) is 4.07. The molecule has 0 radical (unpaired) electrons. The summed E-state index contributed by atoms with van der Waals surface area (Å²) in [6.07, 6.45) is 0.133. The predicted octanol–water partition coefficient (Wildman–Crippen LogP) is 2.43. The smallest absolute Gasteiger partial charge is 0.335 e. The normalized spacial score (nSPS) is 14.1. The van der Waals surface area contributed by atoms with E-state index in [-0.39, 0.29) is 17.6 Å². The van der Waals surface area contributed by atoms with E-state index < -0.39 is 5.97 Å². The highest BCUT2D eigenvalue weighted by Gasteiger charge is 2.12. The number of hydrogen-bond donors (Lipinski definition) is 1. The van der Waals surface area contributed by atoms with E-state index in [1.807, 2.05) is 13.8 Å². The number of benzene rings is 1. The van der Waals surface area contributed by atoms with Crippen molar-refractivity contribution in [1.82, 2.24) is 0 Å². The fraction of sp³-hybridized carbons (Fsp3) is 0.462. The van der Waals surface area contributed by atoms with Crippen LogP contribution in [0.25, 0.3) is 0 Å². The van der Waals surface area contributed by atoms with Gasteiger partial charge in [0.2, 0.25) is 0 Å². The molecule has 1 aromatic carbocycles. The molecule has 4 nitrogen and oxygen atoms in total. The van der Waals surface area contributed by atoms with E-state index in [0.29, 0.717) is 12.4 Å². The number of ether oxygens (including phenoxy) is 2. The summed E-state index contributed by atoms with van der Waals surface area (Å²) in [5.41, 5.74) is 0.260. The molecule has 2 atom stereocenters. The SMILES string of the molecule is CO[C@@H](C)[C@H](C)COc1ccc(C(=O)O)cc1. The van der Waals surface area contributed by atoms with Crippen LogP contribution >= 0.6 is 0 Å². The van der Waals surface area contributed by atoms with Crippen LogP contribution in [0.3, 0.4) is 0 Å². The summed E-state index contributed by atoms with van der Waals surface area (Å²) >= 11 is 0. The molecule has 1 N–H and O–H groups in total. The van der Waals surface area contributed by atoms with Crippen molar-refractivity contribution in [1.29, 1.82) is 0 Å². The molecule has 0 amide bonds. The number of methoxy groups -OCH3 is 1. The maximum absolute atomic E-state index is 10.6. The second-order valence-corrected chi connectivity index (χ2v) is 4.06. The summed E-state index contributed by atoms with van der Waals surface area (Å²) in [6.45, 7) is 4.57. The van der Waals surface area contributed by atoms with E-state index in [1.54, 1.807) is 19.2 Å². The molecule has 0 saturated heterocycles. The Morgan fingerprint density at radius 2 is 1.88 bits per heavy atom. The first-order valence-electron chi connectivity index (χ1n) is 5.53. The molecule has 94 valence electrons. The van der Waals surface area contributed by atoms with Crippen molar-refractivity contribution in [2.24, 2.45) is 5.92 Å². The topological polar surface area (TPSA) is 55.8 Å². The lowest BCUT2D eigenvalue weighted by Crippen LogP contribution is -2.22. The van der Waals surface area contributed by atoms with Crippen LogP contribution in [0.1, 0.15) is 24.2 Å². The van der Waals surface area contributed by atoms with Gasteiger partial charge in [-0.2, -0.15) is 0 Å². The number of carbonyl (C=O) groups is 1. The van der Waals surface area contributed by atoms with E-state index in [4.69, 9.17) is 14.6 Å². The van der Waals surface area contributed by atoms with Gasteiger partial charge in [-0.1, -0.05) is 6.92 Å². The molecular formula is C13H18O4. The lowest BCUT2D eigenvalue weighted by molar-refractivity contribution is 0.0523. The molecule has 0 aromatic heterocycles. The van der Waals surface area contributed by atoms with Gasteiger partial charge >= 0.3 is 5.97 Å². The monoisotopic (exact) mass is 238 g/mol. The Morgan fingerprint density at radius 3 is 2.35 bits per heavy atom. The minimum absolute atomic E-state index is 0.133. The molecule has 1 aromatic rings. The summed E-state index contributed by atoms with van der Waals surface area (Å²) in [7, 11) is 1.67. The highest BCUT2D eigenvalue weighted by molar-refractivity contribution is 5.87. The maximum atomic E-state index is 10.6. The first-order chi connectivity index (χ1) is 8.04. The van der Waals surface area contributed by atoms with Crippen molar-refractivity contribution in [3.63, 3.8) is 0 Å². The average Bonchev–Trinajstić information content (AvgIpc) is 2.35. The van der Waals surface area contributed by atoms with Crippen molar-refractivity contribution in [2.75, 3.05) is 13.7 Å². The third-order valence-corrected chi connectivity index (χ3v) is 2.79. The zero-order valence-corrected chi connectivity index (χ0v) is 10.3. The quantitative estimate of drug-likeness (QED) is 0.827. The van der Waals surface area contributed by atoms with Crippen LogP contribution in [0.4, 0.5) is 0 Å². The molecule has 0 spiro atoms. The molecule has 0 saturated carbocycles. The minimum atomic E-state index is -0.932. The lowest BCUT2D eigenvalue weighted by atomic mass is 10.1. The van der Waals surface area contributed by atoms with E-state index in [0.717, 1.165) is 0 Å². The minimum Gasteiger partial charge on any atom is -0.493 e. The number of carboxylic acids is 1. The standard InChI is InChI=1S/C13H18O4/c1-9(10(2)16-3)8-17-12-6-4-11(5-7-12)13(14)15/h4-7,9-10H,8H2,1-3H3,(H,14,15)/t9-,10+/m1/s1. The van der Waals surface area contributed by atoms with Gasteiger partial charge in [-0.3, -0.25) is 0 Å². The molecule has 0 aliphatic rings. The number of aromatic carboxylic acids is 1. The number of rotatable bonds is 6. The Hall–Kier alpha value is -1.55. The molecule has 0 fully saturated rings. The highest BCUT2D eigenvalue weighted by atomic mass is 16.5. The molecular weight excluding hydrogens is 220 g/mol. The molecule has 0 unspecified atom stereocenters. The van der Waals surface area contributed by atoms with Crippen molar-refractivity contribution < 1.29 is 19.4 Å². The number of hydrogen-bond acceptors (Lipinski definition) is 3. The van der Waals surface area contributed by atoms with Crippen molar-refractivity contribution in [3.8, 4) is 5.75 Å². The van der Waals surface area contributed by atoms with Crippen LogP contribution in [0, 0.1) is 5.92 Å². The zero-order valence-electron chi connectivity index (χ0n) is 10.3. The Kier molecular flexibility index (Phi) is 4.97. The highest BCUT2D eigenvalue weighted by Crippen LogP contribution is 2.14. The van der Waals surface area contributed by atoms with Crippen molar-refractivity contribution in [2.45, 2.75) is 20.0 Å². The van der Waals surface area contributed by atoms with Crippen molar-refractivity contribution >= 4 is 5.97 Å². The van der Waals surface area contributed by atoms with Gasteiger partial charge in [-0.25, -0.2) is 4.79 Å². The molecule has 1 rings (SSSR count). The summed E-state index contributed by atoms with van der Waals surface area (Å²) in [5.74, 6) is 0.0160. The van der Waals surface area contributed by atoms with E-state index in [2.05, 4.69) is 0 Å². The second kappa shape index (κ2) is 6.25. The summed E-state index contributed by atoms with van der Waals surface area (Å²) < 4.78 is 10.7. The molecule has 0 aliphatic carbocycles. The van der Waals surface area contributed by atoms with E-state index in [9.17, 15) is 4.79 Å². The van der Waals surface area contributed by atoms with E-state index in [1.165, 1.54) is 12.1 Å². The van der Waals surface area contributed by atoms with Crippen LogP contribution < -0.4 is 4.74 Å². The van der Waals surface area contributed by atoms with Crippen LogP contribution in [-0.2, 0) is 4.74 Å². The van der Waals surface area contributed by atoms with Gasteiger partial charge in [0.1, 0.15) is 5.75 Å². The Balaban J connectivity index is 2.50. The average molecular weight is 238 g/mol. The van der Waals surface area contributed by atoms with E-state index >= 15 is 0 Å². The Morgan fingerprint density at radius 1 is 1.29 bits per heavy atom. The van der Waals surface area contributed by atoms with Gasteiger partial charge < -0.3 is 14.6 Å². The van der Waals surface area contributed by atoms with Crippen molar-refractivity contribution in [3.05, 3.63) is 29.8 Å². The molecule has 0 aliphatic heterocycles. The molecule has 4 heteroatoms. The van der Waals surface area contributed by atoms with Crippen LogP contribution in [-0.4, -0.2) is 30.9 Å². The first kappa shape index (κ1) is 13.5. The fourth-order valence-electron chi connectivity index (χ4n) is 1.29. The van der Waals surface area contributed by atoms with Gasteiger partial charge in [-0.05, 0) is 31.2 Å². The Bertz CT molecular complexity index is 358. The van der Waals surface area contributed by atoms with Crippen LogP contribution in [0.5, 0.6) is 5.75 Å². The van der Waals surface area contributed by atoms with Gasteiger partial charge in [0, 0.05) is 13.0 Å². The molecule has 17 heavy (non-hydrogen) atoms. The van der Waals surface area contributed by atoms with Gasteiger partial charge in [-0.15, -0.1) is 0 Å². The predicted molar refractivity (Wildman–Crippen MR) is 64.5 cm³/mol. The third-order valence-electron chi connectivity index (χ3n) is 2.79. The van der Waals surface area contributed by atoms with Gasteiger partial charge in [0.25, 0.3) is 0 Å². The second-order valence-electron chi connectivity index (χ2n) is 4.06. The number of carboxylic acid groups (broad SMARTS) is 1. The first-order valence-corrected chi connectivity index (χ1v) is 5.53. The largest absolute Gasteiger partial charge is 0.493 e. The maximum Gasteiger partial charge on any atom is 0.335 e. The summed E-state index contributed by atoms with van der Waals surface area (Å²) in [5, 5.41) is 8.74. The summed E-state index contributed by atoms with van der Waals surface area (Å²) in [4.78, 5) is 10.6. The van der Waals surface area contributed by atoms with Crippen LogP contribution in [0.15, 0.2) is 24.3 Å². The fourth-order valence-corrected chi connectivity index (χ4v) is 1.29. The molecule has 0 heterocycles. The molecule has 0 bridgehead atoms. The zero-order chi connectivity index (χ0) is 12.8. The van der Waals surface area contributed by atoms with Gasteiger partial charge in [0.15, 0.2) is 0 Å². The van der Waals surface area contributed by atoms with Gasteiger partial charge in [0.05, 0.1) is 18.3 Å².